The van der Waals surface area contributed by atoms with E-state index in [0.717, 1.165) is 31.4 Å². The highest BCUT2D eigenvalue weighted by molar-refractivity contribution is 7.13. The Morgan fingerprint density at radius 1 is 1.33 bits per heavy atom. The minimum absolute atomic E-state index is 0.0238. The Balaban J connectivity index is 1.43. The summed E-state index contributed by atoms with van der Waals surface area (Å²) >= 11 is 1.44. The molecule has 2 amide bonds. The van der Waals surface area contributed by atoms with Crippen LogP contribution in [-0.2, 0) is 4.79 Å². The summed E-state index contributed by atoms with van der Waals surface area (Å²) in [6.07, 6.45) is 5.22. The van der Waals surface area contributed by atoms with E-state index in [1.807, 2.05) is 29.6 Å². The fourth-order valence-corrected chi connectivity index (χ4v) is 5.86. The molecule has 3 aliphatic carbocycles. The average molecular weight is 382 g/mol. The molecule has 2 heterocycles. The molecule has 0 saturated heterocycles. The molecule has 0 unspecified atom stereocenters. The second kappa shape index (κ2) is 5.79. The smallest absolute Gasteiger partial charge is 0.255 e. The topological polar surface area (TPSA) is 83.1 Å². The lowest BCUT2D eigenvalue weighted by Gasteiger charge is -2.60. The van der Waals surface area contributed by atoms with E-state index in [9.17, 15) is 9.59 Å². The number of nitrogens with zero attached hydrogens (tertiary/aromatic N) is 1. The monoisotopic (exact) mass is 382 g/mol. The molecule has 6 rings (SSSR count). The van der Waals surface area contributed by atoms with Gasteiger partial charge in [0.2, 0.25) is 5.91 Å². The van der Waals surface area contributed by atoms with Crippen LogP contribution >= 0.6 is 11.3 Å². The van der Waals surface area contributed by atoms with Gasteiger partial charge in [-0.05, 0) is 43.2 Å². The molecule has 0 radical (unpaired) electrons. The van der Waals surface area contributed by atoms with Gasteiger partial charge in [0.15, 0.2) is 5.13 Å². The Bertz CT molecular complexity index is 914. The molecule has 3 fully saturated rings. The van der Waals surface area contributed by atoms with E-state index in [4.69, 9.17) is 0 Å². The van der Waals surface area contributed by atoms with Crippen molar-refractivity contribution in [3.05, 3.63) is 41.4 Å². The lowest BCUT2D eigenvalue weighted by atomic mass is 9.51. The molecule has 2 bridgehead atoms. The van der Waals surface area contributed by atoms with Crippen LogP contribution in [0.3, 0.4) is 0 Å². The van der Waals surface area contributed by atoms with Crippen LogP contribution in [-0.4, -0.2) is 22.5 Å². The van der Waals surface area contributed by atoms with Crippen molar-refractivity contribution < 1.29 is 9.59 Å². The van der Waals surface area contributed by atoms with Gasteiger partial charge in [0, 0.05) is 29.1 Å². The summed E-state index contributed by atoms with van der Waals surface area (Å²) in [6, 6.07) is 7.64. The van der Waals surface area contributed by atoms with Gasteiger partial charge >= 0.3 is 0 Å². The first kappa shape index (κ1) is 16.7. The van der Waals surface area contributed by atoms with E-state index in [2.05, 4.69) is 27.9 Å². The molecule has 140 valence electrons. The van der Waals surface area contributed by atoms with Gasteiger partial charge < -0.3 is 16.0 Å². The second-order valence-electron chi connectivity index (χ2n) is 8.28. The summed E-state index contributed by atoms with van der Waals surface area (Å²) in [5.41, 5.74) is 0.952. The zero-order valence-electron chi connectivity index (χ0n) is 15.1. The lowest BCUT2D eigenvalue weighted by molar-refractivity contribution is -0.134. The van der Waals surface area contributed by atoms with Crippen molar-refractivity contribution in [3.63, 3.8) is 0 Å². The van der Waals surface area contributed by atoms with Crippen molar-refractivity contribution in [2.75, 3.05) is 10.6 Å². The first-order valence-electron chi connectivity index (χ1n) is 9.39. The number of anilines is 2. The van der Waals surface area contributed by atoms with Crippen LogP contribution in [0.2, 0.25) is 0 Å². The molecular weight excluding hydrogens is 360 g/mol. The number of para-hydroxylation sites is 1. The van der Waals surface area contributed by atoms with Crippen LogP contribution < -0.4 is 16.0 Å². The zero-order chi connectivity index (χ0) is 18.6. The molecule has 4 atom stereocenters. The Morgan fingerprint density at radius 3 is 2.96 bits per heavy atom. The first-order valence-corrected chi connectivity index (χ1v) is 10.3. The molecule has 6 nitrogen and oxygen atoms in total. The number of hydrogen-bond donors (Lipinski definition) is 3. The van der Waals surface area contributed by atoms with E-state index in [-0.39, 0.29) is 29.1 Å². The molecule has 4 aliphatic rings. The van der Waals surface area contributed by atoms with Crippen molar-refractivity contribution in [1.82, 2.24) is 10.3 Å². The van der Waals surface area contributed by atoms with Gasteiger partial charge in [-0.25, -0.2) is 4.98 Å². The Morgan fingerprint density at radius 2 is 2.19 bits per heavy atom. The maximum absolute atomic E-state index is 12.9. The first-order chi connectivity index (χ1) is 13.0. The summed E-state index contributed by atoms with van der Waals surface area (Å²) in [5, 5.41) is 12.4. The normalized spacial score (nSPS) is 33.9. The standard InChI is InChI=1S/C20H22N4O2S/c1-19-7-6-12(10-14(19)17(26)22-18-21-8-9-27-18)20(11-19)23-15-5-3-2-4-13(15)16(25)24-20/h2-5,8-9,12,14,23H,6-7,10-11H2,1H3,(H,24,25)(H,21,22,26)/t12-,14-,19-,20-/m0/s1. The highest BCUT2D eigenvalue weighted by Crippen LogP contribution is 2.58. The van der Waals surface area contributed by atoms with Crippen LogP contribution in [0.4, 0.5) is 10.8 Å². The minimum atomic E-state index is -0.462. The van der Waals surface area contributed by atoms with Crippen LogP contribution in [0.25, 0.3) is 0 Å². The molecule has 1 spiro atoms. The van der Waals surface area contributed by atoms with Crippen LogP contribution in [0.5, 0.6) is 0 Å². The van der Waals surface area contributed by atoms with Gasteiger partial charge in [-0.1, -0.05) is 19.1 Å². The highest BCUT2D eigenvalue weighted by Gasteiger charge is 2.60. The second-order valence-corrected chi connectivity index (χ2v) is 9.17. The number of hydrogen-bond acceptors (Lipinski definition) is 5. The fraction of sp³-hybridized carbons (Fsp3) is 0.450. The van der Waals surface area contributed by atoms with Gasteiger partial charge in [0.1, 0.15) is 5.66 Å². The number of carbonyl (C=O) groups is 2. The summed E-state index contributed by atoms with van der Waals surface area (Å²) < 4.78 is 0. The molecule has 1 aromatic heterocycles. The van der Waals surface area contributed by atoms with E-state index in [0.29, 0.717) is 10.7 Å². The number of thiazole rings is 1. The van der Waals surface area contributed by atoms with Gasteiger partial charge in [0.25, 0.3) is 5.91 Å². The highest BCUT2D eigenvalue weighted by atomic mass is 32.1. The molecule has 3 saturated carbocycles. The van der Waals surface area contributed by atoms with Crippen LogP contribution in [0.15, 0.2) is 35.8 Å². The summed E-state index contributed by atoms with van der Waals surface area (Å²) in [4.78, 5) is 29.8. The summed E-state index contributed by atoms with van der Waals surface area (Å²) in [5.74, 6) is 0.184. The molecular formula is C20H22N4O2S. The van der Waals surface area contributed by atoms with Crippen molar-refractivity contribution in [2.45, 2.75) is 38.3 Å². The number of aromatic nitrogens is 1. The molecule has 27 heavy (non-hydrogen) atoms. The van der Waals surface area contributed by atoms with Crippen LogP contribution in [0.1, 0.15) is 43.0 Å². The van der Waals surface area contributed by atoms with E-state index < -0.39 is 5.66 Å². The Hall–Kier alpha value is -2.41. The number of carbonyl (C=O) groups excluding carboxylic acids is 2. The van der Waals surface area contributed by atoms with E-state index >= 15 is 0 Å². The third kappa shape index (κ3) is 2.56. The van der Waals surface area contributed by atoms with Gasteiger partial charge in [-0.2, -0.15) is 0 Å². The van der Waals surface area contributed by atoms with Gasteiger partial charge in [-0.15, -0.1) is 11.3 Å². The van der Waals surface area contributed by atoms with Crippen molar-refractivity contribution in [2.24, 2.45) is 17.3 Å². The Kier molecular flexibility index (Phi) is 3.59. The molecule has 3 N–H and O–H groups in total. The van der Waals surface area contributed by atoms with Crippen LogP contribution in [0, 0.1) is 17.3 Å². The third-order valence-corrected chi connectivity index (χ3v) is 7.34. The molecule has 1 aliphatic heterocycles. The number of rotatable bonds is 2. The van der Waals surface area contributed by atoms with E-state index in [1.165, 1.54) is 11.3 Å². The molecule has 2 aromatic rings. The SMILES string of the molecule is C[C@@]12CC[C@@H](C[C@H]1C(=O)Nc1nccs1)[C@]1(C2)NC(=O)c2ccccc2N1. The predicted octanol–water partition coefficient (Wildman–Crippen LogP) is 3.46. The summed E-state index contributed by atoms with van der Waals surface area (Å²) in [6.45, 7) is 2.19. The molecule has 7 heteroatoms. The van der Waals surface area contributed by atoms with E-state index in [1.54, 1.807) is 6.20 Å². The largest absolute Gasteiger partial charge is 0.362 e. The zero-order valence-corrected chi connectivity index (χ0v) is 15.9. The number of benzene rings is 1. The lowest BCUT2D eigenvalue weighted by Crippen LogP contribution is -2.70. The number of fused-ring (bicyclic) bond motifs is 3. The van der Waals surface area contributed by atoms with Crippen molar-refractivity contribution >= 4 is 34.0 Å². The van der Waals surface area contributed by atoms with Gasteiger partial charge in [-0.3, -0.25) is 9.59 Å². The quantitative estimate of drug-likeness (QED) is 0.743. The number of amides is 2. The van der Waals surface area contributed by atoms with Gasteiger partial charge in [0.05, 0.1) is 5.56 Å². The fourth-order valence-electron chi connectivity index (χ4n) is 5.33. The van der Waals surface area contributed by atoms with Crippen molar-refractivity contribution in [1.29, 1.82) is 0 Å². The maximum atomic E-state index is 12.9. The van der Waals surface area contributed by atoms with Crippen molar-refractivity contribution in [3.8, 4) is 0 Å². The third-order valence-electron chi connectivity index (χ3n) is 6.65. The summed E-state index contributed by atoms with van der Waals surface area (Å²) in [7, 11) is 0. The maximum Gasteiger partial charge on any atom is 0.255 e. The Labute approximate surface area is 161 Å². The average Bonchev–Trinajstić information content (AvgIpc) is 3.14. The predicted molar refractivity (Wildman–Crippen MR) is 105 cm³/mol. The number of nitrogens with one attached hydrogen (secondary N) is 3. The molecule has 1 aromatic carbocycles. The minimum Gasteiger partial charge on any atom is -0.362 e.